The molecule has 2 aliphatic rings. The van der Waals surface area contributed by atoms with Crippen LogP contribution in [0.5, 0.6) is 0 Å². The van der Waals surface area contributed by atoms with Crippen molar-refractivity contribution < 1.29 is 21.6 Å². The molecule has 0 bridgehead atoms. The number of ether oxygens (including phenoxy) is 1. The van der Waals surface area contributed by atoms with Gasteiger partial charge in [0.15, 0.2) is 0 Å². The van der Waals surface area contributed by atoms with Gasteiger partial charge in [0, 0.05) is 19.1 Å². The minimum Gasteiger partial charge on any atom is -0.379 e. The third-order valence-electron chi connectivity index (χ3n) is 5.11. The molecule has 28 heavy (non-hydrogen) atoms. The largest absolute Gasteiger partial charge is 0.379 e. The van der Waals surface area contributed by atoms with E-state index in [0.29, 0.717) is 38.4 Å². The van der Waals surface area contributed by atoms with Crippen molar-refractivity contribution in [1.82, 2.24) is 4.31 Å². The molecule has 2 aromatic carbocycles. The lowest BCUT2D eigenvalue weighted by molar-refractivity contribution is 0.0730. The molecule has 0 radical (unpaired) electrons. The van der Waals surface area contributed by atoms with E-state index in [-0.39, 0.29) is 15.8 Å². The summed E-state index contributed by atoms with van der Waals surface area (Å²) >= 11 is 0. The van der Waals surface area contributed by atoms with Crippen LogP contribution < -0.4 is 4.31 Å². The Bertz CT molecular complexity index is 1080. The topological polar surface area (TPSA) is 84.0 Å². The van der Waals surface area contributed by atoms with Crippen LogP contribution in [0, 0.1) is 0 Å². The highest BCUT2D eigenvalue weighted by atomic mass is 32.2. The number of nitrogens with zero attached hydrogens (tertiary/aromatic N) is 2. The maximum atomic E-state index is 13.1. The van der Waals surface area contributed by atoms with E-state index in [9.17, 15) is 16.8 Å². The quantitative estimate of drug-likeness (QED) is 0.751. The molecule has 0 N–H and O–H groups in total. The molecule has 0 aliphatic carbocycles. The summed E-state index contributed by atoms with van der Waals surface area (Å²) in [6.07, 6.45) is 0.466. The lowest BCUT2D eigenvalue weighted by Crippen LogP contribution is -2.40. The zero-order valence-electron chi connectivity index (χ0n) is 15.5. The summed E-state index contributed by atoms with van der Waals surface area (Å²) in [7, 11) is -7.33. The van der Waals surface area contributed by atoms with Crippen LogP contribution in [-0.2, 0) is 31.2 Å². The minimum atomic E-state index is -3.71. The molecule has 1 atom stereocenters. The Hall–Kier alpha value is -1.94. The molecule has 4 rings (SSSR count). The number of fused-ring (bicyclic) bond motifs is 1. The predicted molar refractivity (Wildman–Crippen MR) is 105 cm³/mol. The van der Waals surface area contributed by atoms with Gasteiger partial charge in [0.2, 0.25) is 10.0 Å². The second-order valence-corrected chi connectivity index (χ2v) is 10.7. The standard InChI is InChI=1S/C19H22N2O5S2/c1-15-13-16-14-18(27(22,23)20-9-11-26-12-10-20)7-8-19(16)21(15)28(24,25)17-5-3-2-4-6-17/h2-8,14-15H,9-13H2,1H3/t15-/m0/s1. The molecule has 0 spiro atoms. The smallest absolute Gasteiger partial charge is 0.264 e. The van der Waals surface area contributed by atoms with Gasteiger partial charge in [-0.3, -0.25) is 4.31 Å². The highest BCUT2D eigenvalue weighted by molar-refractivity contribution is 7.93. The summed E-state index contributed by atoms with van der Waals surface area (Å²) in [4.78, 5) is 0.416. The van der Waals surface area contributed by atoms with Crippen LogP contribution in [0.4, 0.5) is 5.69 Å². The van der Waals surface area contributed by atoms with Crippen molar-refractivity contribution in [2.24, 2.45) is 0 Å². The average molecular weight is 423 g/mol. The van der Waals surface area contributed by atoms with E-state index >= 15 is 0 Å². The molecule has 1 fully saturated rings. The van der Waals surface area contributed by atoms with E-state index < -0.39 is 20.0 Å². The van der Waals surface area contributed by atoms with E-state index in [1.165, 1.54) is 14.7 Å². The Kier molecular flexibility index (Phi) is 4.95. The predicted octanol–water partition coefficient (Wildman–Crippen LogP) is 1.85. The molecule has 1 saturated heterocycles. The van der Waals surface area contributed by atoms with Crippen LogP contribution >= 0.6 is 0 Å². The molecule has 0 unspecified atom stereocenters. The maximum Gasteiger partial charge on any atom is 0.264 e. The Morgan fingerprint density at radius 1 is 0.893 bits per heavy atom. The average Bonchev–Trinajstić information content (AvgIpc) is 3.05. The van der Waals surface area contributed by atoms with E-state index in [1.54, 1.807) is 42.5 Å². The minimum absolute atomic E-state index is 0.194. The van der Waals surface area contributed by atoms with Crippen molar-refractivity contribution in [3.63, 3.8) is 0 Å². The summed E-state index contributed by atoms with van der Waals surface area (Å²) in [5, 5.41) is 0. The van der Waals surface area contributed by atoms with Gasteiger partial charge in [-0.05, 0) is 49.2 Å². The van der Waals surface area contributed by atoms with Gasteiger partial charge in [-0.25, -0.2) is 16.8 Å². The number of rotatable bonds is 4. The van der Waals surface area contributed by atoms with E-state index in [0.717, 1.165) is 5.56 Å². The molecule has 2 heterocycles. The number of benzene rings is 2. The van der Waals surface area contributed by atoms with E-state index in [1.807, 2.05) is 6.92 Å². The van der Waals surface area contributed by atoms with Gasteiger partial charge in [0.05, 0.1) is 28.7 Å². The number of anilines is 1. The van der Waals surface area contributed by atoms with Crippen LogP contribution in [0.25, 0.3) is 0 Å². The second kappa shape index (κ2) is 7.14. The first-order valence-corrected chi connectivity index (χ1v) is 12.0. The van der Waals surface area contributed by atoms with E-state index in [4.69, 9.17) is 4.74 Å². The van der Waals surface area contributed by atoms with Gasteiger partial charge in [0.1, 0.15) is 0 Å². The molecule has 9 heteroatoms. The van der Waals surface area contributed by atoms with Crippen LogP contribution in [0.3, 0.4) is 0 Å². The fraction of sp³-hybridized carbons (Fsp3) is 0.368. The van der Waals surface area contributed by atoms with Crippen LogP contribution in [-0.4, -0.2) is 53.5 Å². The lowest BCUT2D eigenvalue weighted by Gasteiger charge is -2.26. The molecule has 0 aromatic heterocycles. The van der Waals surface area contributed by atoms with Crippen molar-refractivity contribution in [1.29, 1.82) is 0 Å². The third kappa shape index (κ3) is 3.22. The Labute approximate surface area is 165 Å². The Morgan fingerprint density at radius 2 is 1.57 bits per heavy atom. The van der Waals surface area contributed by atoms with Crippen molar-refractivity contribution >= 4 is 25.7 Å². The molecule has 2 aliphatic heterocycles. The van der Waals surface area contributed by atoms with Crippen LogP contribution in [0.2, 0.25) is 0 Å². The highest BCUT2D eigenvalue weighted by Gasteiger charge is 2.37. The SMILES string of the molecule is C[C@H]1Cc2cc(S(=O)(=O)N3CCOCC3)ccc2N1S(=O)(=O)c1ccccc1. The molecule has 0 saturated carbocycles. The summed E-state index contributed by atoms with van der Waals surface area (Å²) in [5.74, 6) is 0. The first-order chi connectivity index (χ1) is 13.3. The van der Waals surface area contributed by atoms with Gasteiger partial charge in [0.25, 0.3) is 10.0 Å². The number of hydrogen-bond donors (Lipinski definition) is 0. The van der Waals surface area contributed by atoms with Gasteiger partial charge in [-0.1, -0.05) is 18.2 Å². The highest BCUT2D eigenvalue weighted by Crippen LogP contribution is 2.38. The van der Waals surface area contributed by atoms with Gasteiger partial charge in [-0.2, -0.15) is 4.31 Å². The lowest BCUT2D eigenvalue weighted by atomic mass is 10.1. The Balaban J connectivity index is 1.71. The summed E-state index contributed by atoms with van der Waals surface area (Å²) < 4.78 is 60.1. The summed E-state index contributed by atoms with van der Waals surface area (Å²) in [6.45, 7) is 3.24. The molecule has 0 amide bonds. The third-order valence-corrected chi connectivity index (χ3v) is 8.95. The van der Waals surface area contributed by atoms with Crippen molar-refractivity contribution in [2.45, 2.75) is 29.2 Å². The molecular formula is C19H22N2O5S2. The van der Waals surface area contributed by atoms with Gasteiger partial charge >= 0.3 is 0 Å². The van der Waals surface area contributed by atoms with Gasteiger partial charge in [-0.15, -0.1) is 0 Å². The maximum absolute atomic E-state index is 13.1. The molecular weight excluding hydrogens is 400 g/mol. The fourth-order valence-electron chi connectivity index (χ4n) is 3.75. The normalized spacial score (nSPS) is 20.9. The van der Waals surface area contributed by atoms with Crippen molar-refractivity contribution in [3.05, 3.63) is 54.1 Å². The molecule has 7 nitrogen and oxygen atoms in total. The van der Waals surface area contributed by atoms with Crippen molar-refractivity contribution in [3.8, 4) is 0 Å². The number of sulfonamides is 2. The van der Waals surface area contributed by atoms with Gasteiger partial charge < -0.3 is 4.74 Å². The zero-order valence-corrected chi connectivity index (χ0v) is 17.1. The second-order valence-electron chi connectivity index (χ2n) is 6.97. The van der Waals surface area contributed by atoms with Crippen molar-refractivity contribution in [2.75, 3.05) is 30.6 Å². The first kappa shape index (κ1) is 19.4. The van der Waals surface area contributed by atoms with E-state index in [2.05, 4.69) is 0 Å². The van der Waals surface area contributed by atoms with Crippen LogP contribution in [0.15, 0.2) is 58.3 Å². The molecule has 150 valence electrons. The first-order valence-electron chi connectivity index (χ1n) is 9.12. The summed E-state index contributed by atoms with van der Waals surface area (Å²) in [6, 6.07) is 12.7. The van der Waals surface area contributed by atoms with Crippen LogP contribution in [0.1, 0.15) is 12.5 Å². The molecule has 2 aromatic rings. The zero-order chi connectivity index (χ0) is 19.9. The number of hydrogen-bond acceptors (Lipinski definition) is 5. The fourth-order valence-corrected chi connectivity index (χ4v) is 6.92. The monoisotopic (exact) mass is 422 g/mol. The summed E-state index contributed by atoms with van der Waals surface area (Å²) in [5.41, 5.74) is 1.26. The number of morpholine rings is 1. The Morgan fingerprint density at radius 3 is 2.25 bits per heavy atom.